The summed E-state index contributed by atoms with van der Waals surface area (Å²) in [6.07, 6.45) is 4.50. The number of aromatic amines is 1. The van der Waals surface area contributed by atoms with Gasteiger partial charge in [-0.15, -0.1) is 11.3 Å². The van der Waals surface area contributed by atoms with Crippen LogP contribution in [0, 0.1) is 0 Å². The molecule has 3 aromatic rings. The van der Waals surface area contributed by atoms with Gasteiger partial charge in [-0.1, -0.05) is 12.1 Å². The van der Waals surface area contributed by atoms with Crippen LogP contribution >= 0.6 is 11.3 Å². The number of aryl methyl sites for hydroxylation is 1. The smallest absolute Gasteiger partial charge is 0.259 e. The molecule has 0 amide bonds. The van der Waals surface area contributed by atoms with Crippen molar-refractivity contribution in [2.24, 2.45) is 0 Å². The van der Waals surface area contributed by atoms with Crippen LogP contribution in [-0.4, -0.2) is 9.97 Å². The predicted molar refractivity (Wildman–Crippen MR) is 86.7 cm³/mol. The number of H-pyrrole nitrogens is 1. The average Bonchev–Trinajstić information content (AvgIpc) is 2.83. The van der Waals surface area contributed by atoms with Gasteiger partial charge in [0.1, 0.15) is 5.82 Å². The average molecular weight is 297 g/mol. The predicted octanol–water partition coefficient (Wildman–Crippen LogP) is 3.11. The Hall–Kier alpha value is -2.14. The van der Waals surface area contributed by atoms with E-state index in [0.29, 0.717) is 16.7 Å². The maximum absolute atomic E-state index is 12.2. The third-order valence-electron chi connectivity index (χ3n) is 4.05. The first-order valence-corrected chi connectivity index (χ1v) is 7.95. The number of rotatable bonds is 1. The Balaban J connectivity index is 1.99. The lowest BCUT2D eigenvalue weighted by atomic mass is 9.95. The fraction of sp³-hybridized carbons (Fsp3) is 0.250. The molecule has 0 spiro atoms. The number of fused-ring (bicyclic) bond motifs is 2. The van der Waals surface area contributed by atoms with Gasteiger partial charge in [-0.2, -0.15) is 0 Å². The summed E-state index contributed by atoms with van der Waals surface area (Å²) in [6.45, 7) is 0. The zero-order valence-corrected chi connectivity index (χ0v) is 12.3. The SMILES string of the molecule is Nc1sc2c(c1-c1nc3ccccc3c(=O)[nH]1)CCCC2. The number of nitrogen functional groups attached to an aromatic ring is 1. The van der Waals surface area contributed by atoms with Gasteiger partial charge in [0.2, 0.25) is 0 Å². The summed E-state index contributed by atoms with van der Waals surface area (Å²) in [5, 5.41) is 1.38. The Morgan fingerprint density at radius 3 is 2.90 bits per heavy atom. The monoisotopic (exact) mass is 297 g/mol. The first kappa shape index (κ1) is 12.6. The number of para-hydroxylation sites is 1. The fourth-order valence-electron chi connectivity index (χ4n) is 3.05. The molecule has 2 aromatic heterocycles. The summed E-state index contributed by atoms with van der Waals surface area (Å²) >= 11 is 1.64. The zero-order valence-electron chi connectivity index (χ0n) is 11.5. The van der Waals surface area contributed by atoms with E-state index in [9.17, 15) is 4.79 Å². The second-order valence-corrected chi connectivity index (χ2v) is 6.52. The molecular weight excluding hydrogens is 282 g/mol. The molecule has 4 nitrogen and oxygen atoms in total. The number of nitrogens with one attached hydrogen (secondary N) is 1. The van der Waals surface area contributed by atoms with Gasteiger partial charge in [0, 0.05) is 4.88 Å². The molecule has 4 rings (SSSR count). The van der Waals surface area contributed by atoms with Crippen LogP contribution < -0.4 is 11.3 Å². The Morgan fingerprint density at radius 2 is 2.00 bits per heavy atom. The lowest BCUT2D eigenvalue weighted by Crippen LogP contribution is -2.10. The van der Waals surface area contributed by atoms with Crippen LogP contribution in [0.4, 0.5) is 5.00 Å². The number of thiophene rings is 1. The van der Waals surface area contributed by atoms with Crippen molar-refractivity contribution in [3.05, 3.63) is 45.1 Å². The van der Waals surface area contributed by atoms with Crippen LogP contribution in [0.3, 0.4) is 0 Å². The fourth-order valence-corrected chi connectivity index (χ4v) is 4.21. The molecule has 0 saturated heterocycles. The standard InChI is InChI=1S/C16H15N3OS/c17-14-13(10-6-2-4-8-12(10)21-14)15-18-11-7-3-1-5-9(11)16(20)19-15/h1,3,5,7H,2,4,6,8,17H2,(H,18,19,20). The van der Waals surface area contributed by atoms with E-state index in [4.69, 9.17) is 5.73 Å². The maximum Gasteiger partial charge on any atom is 0.259 e. The molecule has 0 saturated carbocycles. The first-order valence-electron chi connectivity index (χ1n) is 7.13. The maximum atomic E-state index is 12.2. The molecule has 1 aromatic carbocycles. The number of aromatic nitrogens is 2. The van der Waals surface area contributed by atoms with Crippen LogP contribution in [0.5, 0.6) is 0 Å². The van der Waals surface area contributed by atoms with E-state index in [1.807, 2.05) is 18.2 Å². The molecule has 0 aliphatic heterocycles. The second-order valence-electron chi connectivity index (χ2n) is 5.38. The summed E-state index contributed by atoms with van der Waals surface area (Å²) in [5.41, 5.74) is 9.03. The minimum atomic E-state index is -0.106. The highest BCUT2D eigenvalue weighted by Gasteiger charge is 2.22. The normalized spacial score (nSPS) is 14.3. The second kappa shape index (κ2) is 4.70. The summed E-state index contributed by atoms with van der Waals surface area (Å²) < 4.78 is 0. The number of hydrogen-bond donors (Lipinski definition) is 2. The van der Waals surface area contributed by atoms with E-state index in [2.05, 4.69) is 9.97 Å². The first-order chi connectivity index (χ1) is 10.2. The Kier molecular flexibility index (Phi) is 2.82. The number of benzene rings is 1. The highest BCUT2D eigenvalue weighted by molar-refractivity contribution is 7.16. The molecule has 106 valence electrons. The van der Waals surface area contributed by atoms with Crippen LogP contribution in [0.2, 0.25) is 0 Å². The molecule has 0 atom stereocenters. The van der Waals surface area contributed by atoms with Crippen LogP contribution in [0.15, 0.2) is 29.1 Å². The van der Waals surface area contributed by atoms with Crippen molar-refractivity contribution >= 4 is 27.2 Å². The van der Waals surface area contributed by atoms with Gasteiger partial charge >= 0.3 is 0 Å². The molecule has 0 fully saturated rings. The lowest BCUT2D eigenvalue weighted by Gasteiger charge is -2.12. The Bertz CT molecular complexity index is 894. The molecule has 0 unspecified atom stereocenters. The van der Waals surface area contributed by atoms with Gasteiger partial charge in [0.15, 0.2) is 0 Å². The van der Waals surface area contributed by atoms with Gasteiger partial charge < -0.3 is 10.7 Å². The van der Waals surface area contributed by atoms with Crippen molar-refractivity contribution in [3.63, 3.8) is 0 Å². The van der Waals surface area contributed by atoms with Gasteiger partial charge in [-0.05, 0) is 43.4 Å². The Morgan fingerprint density at radius 1 is 1.19 bits per heavy atom. The largest absolute Gasteiger partial charge is 0.390 e. The zero-order chi connectivity index (χ0) is 14.4. The molecule has 1 aliphatic carbocycles. The number of hydrogen-bond acceptors (Lipinski definition) is 4. The lowest BCUT2D eigenvalue weighted by molar-refractivity contribution is 0.697. The van der Waals surface area contributed by atoms with E-state index in [0.717, 1.165) is 23.4 Å². The minimum absolute atomic E-state index is 0.106. The van der Waals surface area contributed by atoms with E-state index in [1.54, 1.807) is 17.4 Å². The van der Waals surface area contributed by atoms with Crippen LogP contribution in [-0.2, 0) is 12.8 Å². The third-order valence-corrected chi connectivity index (χ3v) is 5.17. The highest BCUT2D eigenvalue weighted by atomic mass is 32.1. The highest BCUT2D eigenvalue weighted by Crippen LogP contribution is 2.41. The molecule has 2 heterocycles. The van der Waals surface area contributed by atoms with Crippen molar-refractivity contribution < 1.29 is 0 Å². The molecule has 21 heavy (non-hydrogen) atoms. The quantitative estimate of drug-likeness (QED) is 0.725. The van der Waals surface area contributed by atoms with Crippen molar-refractivity contribution in [1.82, 2.24) is 9.97 Å². The number of nitrogens with two attached hydrogens (primary N) is 1. The van der Waals surface area contributed by atoms with Crippen molar-refractivity contribution in [2.75, 3.05) is 5.73 Å². The topological polar surface area (TPSA) is 71.8 Å². The van der Waals surface area contributed by atoms with Crippen molar-refractivity contribution in [1.29, 1.82) is 0 Å². The van der Waals surface area contributed by atoms with Gasteiger partial charge in [0.05, 0.1) is 21.5 Å². The van der Waals surface area contributed by atoms with Gasteiger partial charge in [-0.25, -0.2) is 4.98 Å². The van der Waals surface area contributed by atoms with Crippen molar-refractivity contribution in [3.8, 4) is 11.4 Å². The third kappa shape index (κ3) is 1.96. The number of anilines is 1. The van der Waals surface area contributed by atoms with E-state index in [-0.39, 0.29) is 5.56 Å². The molecule has 5 heteroatoms. The molecule has 0 radical (unpaired) electrons. The van der Waals surface area contributed by atoms with E-state index >= 15 is 0 Å². The summed E-state index contributed by atoms with van der Waals surface area (Å²) in [4.78, 5) is 21.1. The minimum Gasteiger partial charge on any atom is -0.390 e. The molecule has 1 aliphatic rings. The Labute approximate surface area is 125 Å². The van der Waals surface area contributed by atoms with Gasteiger partial charge in [0.25, 0.3) is 5.56 Å². The van der Waals surface area contributed by atoms with E-state index < -0.39 is 0 Å². The molecular formula is C16H15N3OS. The molecule has 0 bridgehead atoms. The van der Waals surface area contributed by atoms with Gasteiger partial charge in [-0.3, -0.25) is 4.79 Å². The molecule has 3 N–H and O–H groups in total. The summed E-state index contributed by atoms with van der Waals surface area (Å²) in [7, 11) is 0. The summed E-state index contributed by atoms with van der Waals surface area (Å²) in [5.74, 6) is 0.607. The number of nitrogens with zero attached hydrogens (tertiary/aromatic N) is 1. The van der Waals surface area contributed by atoms with Crippen LogP contribution in [0.1, 0.15) is 23.3 Å². The van der Waals surface area contributed by atoms with Crippen molar-refractivity contribution in [2.45, 2.75) is 25.7 Å². The summed E-state index contributed by atoms with van der Waals surface area (Å²) in [6, 6.07) is 7.39. The van der Waals surface area contributed by atoms with E-state index in [1.165, 1.54) is 23.3 Å². The van der Waals surface area contributed by atoms with Crippen LogP contribution in [0.25, 0.3) is 22.3 Å².